The van der Waals surface area contributed by atoms with Gasteiger partial charge in [0.1, 0.15) is 6.04 Å². The molecule has 0 aromatic carbocycles. The molecule has 0 aliphatic rings. The molecular weight excluding hydrogens is 222 g/mol. The van der Waals surface area contributed by atoms with Crippen molar-refractivity contribution < 1.29 is 14.7 Å². The number of aliphatic carboxylic acids is 1. The second-order valence-corrected chi connectivity index (χ2v) is 4.73. The molecule has 17 heavy (non-hydrogen) atoms. The van der Waals surface area contributed by atoms with Crippen molar-refractivity contribution in [2.24, 2.45) is 5.92 Å². The lowest BCUT2D eigenvalue weighted by molar-refractivity contribution is -0.140. The molecule has 6 heteroatoms. The zero-order valence-electron chi connectivity index (χ0n) is 11.2. The molecule has 0 aromatic rings. The Labute approximate surface area is 103 Å². The van der Waals surface area contributed by atoms with Crippen molar-refractivity contribution >= 4 is 12.0 Å². The van der Waals surface area contributed by atoms with Crippen molar-refractivity contribution in [2.45, 2.75) is 19.9 Å². The summed E-state index contributed by atoms with van der Waals surface area (Å²) in [6.45, 7) is 4.82. The van der Waals surface area contributed by atoms with Crippen LogP contribution in [0.4, 0.5) is 4.79 Å². The minimum absolute atomic E-state index is 0.140. The molecule has 0 aromatic heterocycles. The second kappa shape index (κ2) is 7.11. The molecule has 1 atom stereocenters. The second-order valence-electron chi connectivity index (χ2n) is 4.73. The van der Waals surface area contributed by atoms with Crippen LogP contribution in [0.1, 0.15) is 13.8 Å². The lowest BCUT2D eigenvalue weighted by Gasteiger charge is -2.24. The van der Waals surface area contributed by atoms with Crippen LogP contribution in [-0.4, -0.2) is 67.2 Å². The minimum atomic E-state index is -1.01. The fraction of sp³-hybridized carbons (Fsp3) is 0.818. The number of carbonyl (C=O) groups is 2. The molecule has 0 aliphatic carbocycles. The Morgan fingerprint density at radius 1 is 1.18 bits per heavy atom. The summed E-state index contributed by atoms with van der Waals surface area (Å²) in [7, 11) is 5.48. The van der Waals surface area contributed by atoms with E-state index in [2.05, 4.69) is 5.32 Å². The van der Waals surface area contributed by atoms with E-state index in [9.17, 15) is 9.59 Å². The molecule has 100 valence electrons. The van der Waals surface area contributed by atoms with E-state index in [1.807, 2.05) is 19.0 Å². The topological polar surface area (TPSA) is 72.9 Å². The Bertz CT molecular complexity index is 267. The third-order valence-electron chi connectivity index (χ3n) is 2.44. The van der Waals surface area contributed by atoms with E-state index in [0.29, 0.717) is 6.54 Å². The third-order valence-corrected chi connectivity index (χ3v) is 2.44. The number of carboxylic acids is 1. The SMILES string of the molecule is CC(C)C(NC(=O)N(C)CCN(C)C)C(=O)O. The predicted molar refractivity (Wildman–Crippen MR) is 66.0 cm³/mol. The molecular formula is C11H23N3O3. The summed E-state index contributed by atoms with van der Waals surface area (Å²) in [6.07, 6.45) is 0. The average Bonchev–Trinajstić information content (AvgIpc) is 2.20. The van der Waals surface area contributed by atoms with Crippen LogP contribution in [0, 0.1) is 5.92 Å². The van der Waals surface area contributed by atoms with E-state index in [0.717, 1.165) is 6.54 Å². The van der Waals surface area contributed by atoms with Gasteiger partial charge in [0.05, 0.1) is 0 Å². The summed E-state index contributed by atoms with van der Waals surface area (Å²) < 4.78 is 0. The number of nitrogens with zero attached hydrogens (tertiary/aromatic N) is 2. The summed E-state index contributed by atoms with van der Waals surface area (Å²) in [4.78, 5) is 26.1. The van der Waals surface area contributed by atoms with E-state index in [1.54, 1.807) is 20.9 Å². The van der Waals surface area contributed by atoms with Gasteiger partial charge >= 0.3 is 12.0 Å². The summed E-state index contributed by atoms with van der Waals surface area (Å²) >= 11 is 0. The summed E-state index contributed by atoms with van der Waals surface area (Å²) in [6, 6.07) is -1.20. The van der Waals surface area contributed by atoms with Crippen molar-refractivity contribution in [3.05, 3.63) is 0 Å². The van der Waals surface area contributed by atoms with Crippen LogP contribution < -0.4 is 5.32 Å². The average molecular weight is 245 g/mol. The van der Waals surface area contributed by atoms with Gasteiger partial charge in [-0.3, -0.25) is 0 Å². The molecule has 0 saturated heterocycles. The fourth-order valence-electron chi connectivity index (χ4n) is 1.21. The fourth-order valence-corrected chi connectivity index (χ4v) is 1.21. The van der Waals surface area contributed by atoms with Crippen LogP contribution in [-0.2, 0) is 4.79 Å². The first-order valence-corrected chi connectivity index (χ1v) is 5.64. The van der Waals surface area contributed by atoms with Crippen molar-refractivity contribution in [3.8, 4) is 0 Å². The van der Waals surface area contributed by atoms with Gasteiger partial charge in [-0.1, -0.05) is 13.8 Å². The molecule has 2 N–H and O–H groups in total. The van der Waals surface area contributed by atoms with Gasteiger partial charge in [-0.15, -0.1) is 0 Å². The number of hydrogen-bond acceptors (Lipinski definition) is 3. The molecule has 0 heterocycles. The van der Waals surface area contributed by atoms with Crippen molar-refractivity contribution in [3.63, 3.8) is 0 Å². The summed E-state index contributed by atoms with van der Waals surface area (Å²) in [5, 5.41) is 11.5. The number of nitrogens with one attached hydrogen (secondary N) is 1. The number of rotatable bonds is 6. The summed E-state index contributed by atoms with van der Waals surface area (Å²) in [5.74, 6) is -1.15. The third kappa shape index (κ3) is 6.11. The van der Waals surface area contributed by atoms with E-state index >= 15 is 0 Å². The first kappa shape index (κ1) is 15.7. The molecule has 2 amide bonds. The first-order chi connectivity index (χ1) is 7.75. The van der Waals surface area contributed by atoms with Gasteiger partial charge in [-0.2, -0.15) is 0 Å². The van der Waals surface area contributed by atoms with Crippen LogP contribution in [0.3, 0.4) is 0 Å². The van der Waals surface area contributed by atoms with Crippen LogP contribution in [0.5, 0.6) is 0 Å². The Hall–Kier alpha value is -1.30. The van der Waals surface area contributed by atoms with E-state index < -0.39 is 12.0 Å². The minimum Gasteiger partial charge on any atom is -0.480 e. The maximum Gasteiger partial charge on any atom is 0.326 e. The highest BCUT2D eigenvalue weighted by atomic mass is 16.4. The number of likely N-dealkylation sites (N-methyl/N-ethyl adjacent to an activating group) is 2. The normalized spacial score (nSPS) is 12.6. The van der Waals surface area contributed by atoms with E-state index in [-0.39, 0.29) is 11.9 Å². The van der Waals surface area contributed by atoms with Crippen LogP contribution in [0.15, 0.2) is 0 Å². The molecule has 0 rings (SSSR count). The van der Waals surface area contributed by atoms with Gasteiger partial charge in [0, 0.05) is 20.1 Å². The molecule has 1 unspecified atom stereocenters. The largest absolute Gasteiger partial charge is 0.480 e. The van der Waals surface area contributed by atoms with Gasteiger partial charge in [0.25, 0.3) is 0 Å². The zero-order valence-corrected chi connectivity index (χ0v) is 11.2. The molecule has 0 bridgehead atoms. The maximum atomic E-state index is 11.7. The Balaban J connectivity index is 4.26. The smallest absolute Gasteiger partial charge is 0.326 e. The number of hydrogen-bond donors (Lipinski definition) is 2. The lowest BCUT2D eigenvalue weighted by Crippen LogP contribution is -2.50. The highest BCUT2D eigenvalue weighted by molar-refractivity contribution is 5.82. The van der Waals surface area contributed by atoms with Crippen molar-refractivity contribution in [1.29, 1.82) is 0 Å². The highest BCUT2D eigenvalue weighted by Gasteiger charge is 2.24. The molecule has 6 nitrogen and oxygen atoms in total. The van der Waals surface area contributed by atoms with Crippen LogP contribution in [0.25, 0.3) is 0 Å². The molecule has 0 fully saturated rings. The highest BCUT2D eigenvalue weighted by Crippen LogP contribution is 2.02. The van der Waals surface area contributed by atoms with E-state index in [1.165, 1.54) is 4.90 Å². The monoisotopic (exact) mass is 245 g/mol. The number of carbonyl (C=O) groups excluding carboxylic acids is 1. The van der Waals surface area contributed by atoms with Gasteiger partial charge in [-0.05, 0) is 20.0 Å². The Kier molecular flexibility index (Phi) is 6.57. The molecule has 0 radical (unpaired) electrons. The molecule has 0 spiro atoms. The quantitative estimate of drug-likeness (QED) is 0.706. The maximum absolute atomic E-state index is 11.7. The van der Waals surface area contributed by atoms with Crippen LogP contribution >= 0.6 is 0 Å². The van der Waals surface area contributed by atoms with Gasteiger partial charge in [0.15, 0.2) is 0 Å². The van der Waals surface area contributed by atoms with Gasteiger partial charge in [0.2, 0.25) is 0 Å². The van der Waals surface area contributed by atoms with Gasteiger partial charge in [-0.25, -0.2) is 9.59 Å². The standard InChI is InChI=1S/C11H23N3O3/c1-8(2)9(10(15)16)12-11(17)14(5)7-6-13(3)4/h8-9H,6-7H2,1-5H3,(H,12,17)(H,15,16). The lowest BCUT2D eigenvalue weighted by atomic mass is 10.1. The number of carboxylic acid groups (broad SMARTS) is 1. The zero-order chi connectivity index (χ0) is 13.6. The predicted octanol–water partition coefficient (Wildman–Crippen LogP) is 0.299. The van der Waals surface area contributed by atoms with Crippen LogP contribution in [0.2, 0.25) is 0 Å². The number of urea groups is 1. The summed E-state index contributed by atoms with van der Waals surface area (Å²) in [5.41, 5.74) is 0. The Morgan fingerprint density at radius 3 is 2.06 bits per heavy atom. The van der Waals surface area contributed by atoms with Crippen molar-refractivity contribution in [2.75, 3.05) is 34.2 Å². The van der Waals surface area contributed by atoms with E-state index in [4.69, 9.17) is 5.11 Å². The molecule has 0 saturated carbocycles. The van der Waals surface area contributed by atoms with Gasteiger partial charge < -0.3 is 20.2 Å². The number of amides is 2. The first-order valence-electron chi connectivity index (χ1n) is 5.64. The van der Waals surface area contributed by atoms with Crippen molar-refractivity contribution in [1.82, 2.24) is 15.1 Å². The molecule has 0 aliphatic heterocycles. The Morgan fingerprint density at radius 2 is 1.71 bits per heavy atom.